The molecule has 7 heteroatoms. The number of halogens is 1. The van der Waals surface area contributed by atoms with E-state index in [2.05, 4.69) is 20.6 Å². The quantitative estimate of drug-likeness (QED) is 0.794. The van der Waals surface area contributed by atoms with Gasteiger partial charge in [0, 0.05) is 37.1 Å². The van der Waals surface area contributed by atoms with Crippen molar-refractivity contribution in [1.82, 2.24) is 15.3 Å². The molecule has 1 unspecified atom stereocenters. The van der Waals surface area contributed by atoms with E-state index >= 15 is 0 Å². The number of ether oxygens (including phenoxy) is 1. The number of benzene rings is 1. The van der Waals surface area contributed by atoms with Crippen LogP contribution in [0.15, 0.2) is 36.7 Å². The number of hydrogen-bond acceptors (Lipinski definition) is 5. The predicted octanol–water partition coefficient (Wildman–Crippen LogP) is 2.69. The Bertz CT molecular complexity index is 685. The molecule has 25 heavy (non-hydrogen) atoms. The summed E-state index contributed by atoms with van der Waals surface area (Å²) in [6.07, 6.45) is 6.18. The smallest absolute Gasteiger partial charge is 0.254 e. The molecule has 2 aromatic rings. The number of carbonyl (C=O) groups is 1. The Labute approximate surface area is 152 Å². The highest BCUT2D eigenvalue weighted by molar-refractivity contribution is 6.30. The molecule has 0 radical (unpaired) electrons. The van der Waals surface area contributed by atoms with Gasteiger partial charge in [-0.05, 0) is 37.0 Å². The van der Waals surface area contributed by atoms with Crippen LogP contribution in [-0.2, 0) is 11.2 Å². The van der Waals surface area contributed by atoms with Gasteiger partial charge in [0.2, 0.25) is 5.95 Å². The van der Waals surface area contributed by atoms with Crippen LogP contribution in [0.25, 0.3) is 0 Å². The second kappa shape index (κ2) is 8.78. The average molecular weight is 361 g/mol. The van der Waals surface area contributed by atoms with E-state index < -0.39 is 0 Å². The molecule has 1 aromatic heterocycles. The zero-order chi connectivity index (χ0) is 17.5. The zero-order valence-electron chi connectivity index (χ0n) is 13.9. The van der Waals surface area contributed by atoms with Gasteiger partial charge < -0.3 is 15.4 Å². The Morgan fingerprint density at radius 2 is 2.00 bits per heavy atom. The maximum atomic E-state index is 12.1. The second-order valence-electron chi connectivity index (χ2n) is 5.94. The number of nitrogens with zero attached hydrogens (tertiary/aromatic N) is 2. The molecule has 0 saturated carbocycles. The van der Waals surface area contributed by atoms with Crippen molar-refractivity contribution in [1.29, 1.82) is 0 Å². The topological polar surface area (TPSA) is 76.1 Å². The van der Waals surface area contributed by atoms with Crippen LogP contribution in [0.2, 0.25) is 5.02 Å². The first-order chi connectivity index (χ1) is 12.2. The summed E-state index contributed by atoms with van der Waals surface area (Å²) in [7, 11) is 0. The fourth-order valence-corrected chi connectivity index (χ4v) is 2.75. The lowest BCUT2D eigenvalue weighted by Crippen LogP contribution is -2.26. The van der Waals surface area contributed by atoms with E-state index in [1.807, 2.05) is 24.3 Å². The van der Waals surface area contributed by atoms with E-state index in [1.165, 1.54) is 12.4 Å². The molecule has 0 aliphatic carbocycles. The Morgan fingerprint density at radius 1 is 1.24 bits per heavy atom. The number of rotatable bonds is 7. The van der Waals surface area contributed by atoms with Crippen molar-refractivity contribution in [2.75, 3.05) is 25.0 Å². The maximum absolute atomic E-state index is 12.1. The van der Waals surface area contributed by atoms with E-state index in [0.717, 1.165) is 31.4 Å². The summed E-state index contributed by atoms with van der Waals surface area (Å²) in [5, 5.41) is 6.70. The van der Waals surface area contributed by atoms with Gasteiger partial charge in [-0.25, -0.2) is 9.97 Å². The molecule has 1 aliphatic rings. The van der Waals surface area contributed by atoms with Crippen LogP contribution >= 0.6 is 11.6 Å². The molecule has 1 aliphatic heterocycles. The first-order valence-electron chi connectivity index (χ1n) is 8.41. The molecule has 1 atom stereocenters. The summed E-state index contributed by atoms with van der Waals surface area (Å²) in [6, 6.07) is 7.59. The SMILES string of the molecule is O=C(NCCc1ccc(Cl)cc1)c1cnc(NCC2CCCO2)nc1. The lowest BCUT2D eigenvalue weighted by atomic mass is 10.1. The number of aromatic nitrogens is 2. The third-order valence-corrected chi connectivity index (χ3v) is 4.29. The maximum Gasteiger partial charge on any atom is 0.254 e. The summed E-state index contributed by atoms with van der Waals surface area (Å²) in [6.45, 7) is 2.05. The number of carbonyl (C=O) groups excluding carboxylic acids is 1. The van der Waals surface area contributed by atoms with E-state index in [9.17, 15) is 4.79 Å². The molecule has 0 spiro atoms. The summed E-state index contributed by atoms with van der Waals surface area (Å²) >= 11 is 5.85. The third-order valence-electron chi connectivity index (χ3n) is 4.04. The number of nitrogens with one attached hydrogen (secondary N) is 2. The number of hydrogen-bond donors (Lipinski definition) is 2. The third kappa shape index (κ3) is 5.41. The summed E-state index contributed by atoms with van der Waals surface area (Å²) < 4.78 is 5.53. The van der Waals surface area contributed by atoms with Crippen molar-refractivity contribution >= 4 is 23.5 Å². The summed E-state index contributed by atoms with van der Waals surface area (Å²) in [5.74, 6) is 0.327. The van der Waals surface area contributed by atoms with Crippen molar-refractivity contribution in [3.8, 4) is 0 Å². The Kier molecular flexibility index (Phi) is 6.19. The highest BCUT2D eigenvalue weighted by Crippen LogP contribution is 2.12. The molecule has 6 nitrogen and oxygen atoms in total. The fourth-order valence-electron chi connectivity index (χ4n) is 2.62. The van der Waals surface area contributed by atoms with Crippen LogP contribution in [0.5, 0.6) is 0 Å². The van der Waals surface area contributed by atoms with E-state index in [0.29, 0.717) is 29.6 Å². The summed E-state index contributed by atoms with van der Waals surface area (Å²) in [4.78, 5) is 20.5. The van der Waals surface area contributed by atoms with Gasteiger partial charge in [0.1, 0.15) is 0 Å². The van der Waals surface area contributed by atoms with Crippen LogP contribution in [0, 0.1) is 0 Å². The number of amides is 1. The van der Waals surface area contributed by atoms with E-state index in [-0.39, 0.29) is 12.0 Å². The minimum atomic E-state index is -0.181. The first-order valence-corrected chi connectivity index (χ1v) is 8.78. The predicted molar refractivity (Wildman–Crippen MR) is 97.0 cm³/mol. The average Bonchev–Trinajstić information content (AvgIpc) is 3.15. The van der Waals surface area contributed by atoms with Crippen molar-refractivity contribution in [2.45, 2.75) is 25.4 Å². The van der Waals surface area contributed by atoms with Crippen LogP contribution in [-0.4, -0.2) is 41.7 Å². The molecular weight excluding hydrogens is 340 g/mol. The van der Waals surface area contributed by atoms with Gasteiger partial charge in [-0.3, -0.25) is 4.79 Å². The monoisotopic (exact) mass is 360 g/mol. The van der Waals surface area contributed by atoms with Crippen LogP contribution in [0.4, 0.5) is 5.95 Å². The normalized spacial score (nSPS) is 16.6. The van der Waals surface area contributed by atoms with Gasteiger partial charge in [-0.15, -0.1) is 0 Å². The molecule has 2 N–H and O–H groups in total. The molecule has 2 heterocycles. The molecule has 1 fully saturated rings. The fraction of sp³-hybridized carbons (Fsp3) is 0.389. The van der Waals surface area contributed by atoms with Crippen LogP contribution < -0.4 is 10.6 Å². The Hall–Kier alpha value is -2.18. The minimum Gasteiger partial charge on any atom is -0.376 e. The van der Waals surface area contributed by atoms with Crippen molar-refractivity contribution in [3.63, 3.8) is 0 Å². The Morgan fingerprint density at radius 3 is 2.68 bits per heavy atom. The van der Waals surface area contributed by atoms with Gasteiger partial charge in [0.15, 0.2) is 0 Å². The Balaban J connectivity index is 1.42. The van der Waals surface area contributed by atoms with Crippen molar-refractivity contribution in [2.24, 2.45) is 0 Å². The highest BCUT2D eigenvalue weighted by atomic mass is 35.5. The van der Waals surface area contributed by atoms with Gasteiger partial charge in [0.05, 0.1) is 11.7 Å². The van der Waals surface area contributed by atoms with Crippen LogP contribution in [0.3, 0.4) is 0 Å². The largest absolute Gasteiger partial charge is 0.376 e. The molecule has 1 saturated heterocycles. The van der Waals surface area contributed by atoms with Crippen molar-refractivity contribution in [3.05, 3.63) is 52.8 Å². The lowest BCUT2D eigenvalue weighted by Gasteiger charge is -2.10. The van der Waals surface area contributed by atoms with E-state index in [1.54, 1.807) is 0 Å². The van der Waals surface area contributed by atoms with Gasteiger partial charge >= 0.3 is 0 Å². The standard InChI is InChI=1S/C18H21ClN4O2/c19-15-5-3-13(4-6-15)7-8-20-17(24)14-10-21-18(22-11-14)23-12-16-2-1-9-25-16/h3-6,10-11,16H,1-2,7-9,12H2,(H,20,24)(H,21,22,23). The second-order valence-corrected chi connectivity index (χ2v) is 6.38. The summed E-state index contributed by atoms with van der Waals surface area (Å²) in [5.41, 5.74) is 1.56. The zero-order valence-corrected chi connectivity index (χ0v) is 14.6. The lowest BCUT2D eigenvalue weighted by molar-refractivity contribution is 0.0953. The molecule has 1 amide bonds. The molecule has 0 bridgehead atoms. The van der Waals surface area contributed by atoms with Gasteiger partial charge in [-0.1, -0.05) is 23.7 Å². The van der Waals surface area contributed by atoms with E-state index in [4.69, 9.17) is 16.3 Å². The molecule has 3 rings (SSSR count). The molecule has 1 aromatic carbocycles. The minimum absolute atomic E-state index is 0.181. The van der Waals surface area contributed by atoms with Gasteiger partial charge in [-0.2, -0.15) is 0 Å². The van der Waals surface area contributed by atoms with Crippen molar-refractivity contribution < 1.29 is 9.53 Å². The highest BCUT2D eigenvalue weighted by Gasteiger charge is 2.15. The molecule has 132 valence electrons. The van der Waals surface area contributed by atoms with Gasteiger partial charge in [0.25, 0.3) is 5.91 Å². The molecular formula is C18H21ClN4O2. The first kappa shape index (κ1) is 17.6. The number of anilines is 1. The van der Waals surface area contributed by atoms with Crippen LogP contribution in [0.1, 0.15) is 28.8 Å².